The Morgan fingerprint density at radius 2 is 2.25 bits per heavy atom. The van der Waals surface area contributed by atoms with E-state index in [1.54, 1.807) is 0 Å². The molecule has 0 saturated heterocycles. The van der Waals surface area contributed by atoms with Crippen LogP contribution in [0.4, 0.5) is 0 Å². The molecule has 0 amide bonds. The second-order valence-electron chi connectivity index (χ2n) is 3.41. The van der Waals surface area contributed by atoms with Crippen LogP contribution < -0.4 is 5.73 Å². The van der Waals surface area contributed by atoms with Crippen LogP contribution in [0, 0.1) is 0 Å². The SMILES string of the molecule is CCC1=CCCC([C@H](N)CC)=C1. The van der Waals surface area contributed by atoms with E-state index in [1.165, 1.54) is 24.0 Å². The van der Waals surface area contributed by atoms with Crippen LogP contribution in [-0.2, 0) is 0 Å². The summed E-state index contributed by atoms with van der Waals surface area (Å²) in [5.41, 5.74) is 8.87. The lowest BCUT2D eigenvalue weighted by Crippen LogP contribution is -2.22. The Morgan fingerprint density at radius 3 is 2.83 bits per heavy atom. The van der Waals surface area contributed by atoms with E-state index < -0.39 is 0 Å². The van der Waals surface area contributed by atoms with Gasteiger partial charge in [0.25, 0.3) is 0 Å². The molecule has 0 radical (unpaired) electrons. The fourth-order valence-electron chi connectivity index (χ4n) is 1.59. The molecule has 68 valence electrons. The fraction of sp³-hybridized carbons (Fsp3) is 0.636. The fourth-order valence-corrected chi connectivity index (χ4v) is 1.59. The predicted molar refractivity (Wildman–Crippen MR) is 54.0 cm³/mol. The molecule has 0 aromatic heterocycles. The van der Waals surface area contributed by atoms with E-state index in [0.717, 1.165) is 12.8 Å². The molecule has 1 heteroatoms. The largest absolute Gasteiger partial charge is 0.324 e. The van der Waals surface area contributed by atoms with Gasteiger partial charge in [-0.05, 0) is 25.7 Å². The second-order valence-corrected chi connectivity index (χ2v) is 3.41. The van der Waals surface area contributed by atoms with Crippen LogP contribution in [0.15, 0.2) is 23.3 Å². The third kappa shape index (κ3) is 2.21. The molecule has 1 rings (SSSR count). The number of allylic oxidation sites excluding steroid dienone is 3. The first-order chi connectivity index (χ1) is 5.77. The summed E-state index contributed by atoms with van der Waals surface area (Å²) in [6.07, 6.45) is 9.16. The zero-order valence-electron chi connectivity index (χ0n) is 8.14. The van der Waals surface area contributed by atoms with E-state index in [1.807, 2.05) is 0 Å². The van der Waals surface area contributed by atoms with Crippen LogP contribution in [0.1, 0.15) is 39.5 Å². The van der Waals surface area contributed by atoms with Crippen LogP contribution in [-0.4, -0.2) is 6.04 Å². The summed E-state index contributed by atoms with van der Waals surface area (Å²) < 4.78 is 0. The van der Waals surface area contributed by atoms with E-state index in [4.69, 9.17) is 5.73 Å². The molecule has 1 aliphatic carbocycles. The molecule has 0 saturated carbocycles. The highest BCUT2D eigenvalue weighted by molar-refractivity contribution is 5.30. The first kappa shape index (κ1) is 9.53. The van der Waals surface area contributed by atoms with Gasteiger partial charge in [-0.3, -0.25) is 0 Å². The lowest BCUT2D eigenvalue weighted by atomic mass is 9.92. The highest BCUT2D eigenvalue weighted by atomic mass is 14.6. The summed E-state index contributed by atoms with van der Waals surface area (Å²) >= 11 is 0. The molecule has 0 heterocycles. The Bertz CT molecular complexity index is 201. The highest BCUT2D eigenvalue weighted by Gasteiger charge is 2.09. The average Bonchev–Trinajstić information content (AvgIpc) is 2.17. The molecule has 0 aliphatic heterocycles. The molecule has 2 N–H and O–H groups in total. The van der Waals surface area contributed by atoms with E-state index in [9.17, 15) is 0 Å². The number of rotatable bonds is 3. The summed E-state index contributed by atoms with van der Waals surface area (Å²) in [7, 11) is 0. The van der Waals surface area contributed by atoms with Gasteiger partial charge in [-0.25, -0.2) is 0 Å². The maximum atomic E-state index is 5.97. The van der Waals surface area contributed by atoms with Crippen molar-refractivity contribution < 1.29 is 0 Å². The topological polar surface area (TPSA) is 26.0 Å². The van der Waals surface area contributed by atoms with Crippen molar-refractivity contribution in [3.8, 4) is 0 Å². The lowest BCUT2D eigenvalue weighted by molar-refractivity contribution is 0.692. The lowest BCUT2D eigenvalue weighted by Gasteiger charge is -2.17. The maximum absolute atomic E-state index is 5.97. The molecule has 12 heavy (non-hydrogen) atoms. The van der Waals surface area contributed by atoms with Crippen molar-refractivity contribution >= 4 is 0 Å². The van der Waals surface area contributed by atoms with Crippen molar-refractivity contribution in [3.63, 3.8) is 0 Å². The van der Waals surface area contributed by atoms with Gasteiger partial charge in [0.05, 0.1) is 0 Å². The minimum absolute atomic E-state index is 0.292. The van der Waals surface area contributed by atoms with Gasteiger partial charge in [-0.15, -0.1) is 0 Å². The molecule has 1 nitrogen and oxygen atoms in total. The summed E-state index contributed by atoms with van der Waals surface area (Å²) in [5.74, 6) is 0. The van der Waals surface area contributed by atoms with Gasteiger partial charge in [0.1, 0.15) is 0 Å². The van der Waals surface area contributed by atoms with E-state index in [-0.39, 0.29) is 0 Å². The minimum atomic E-state index is 0.292. The van der Waals surface area contributed by atoms with Crippen molar-refractivity contribution in [3.05, 3.63) is 23.3 Å². The Labute approximate surface area is 75.3 Å². The van der Waals surface area contributed by atoms with Crippen LogP contribution in [0.25, 0.3) is 0 Å². The quantitative estimate of drug-likeness (QED) is 0.683. The van der Waals surface area contributed by atoms with Gasteiger partial charge >= 0.3 is 0 Å². The van der Waals surface area contributed by atoms with Crippen molar-refractivity contribution in [1.29, 1.82) is 0 Å². The van der Waals surface area contributed by atoms with Gasteiger partial charge in [-0.1, -0.05) is 37.1 Å². The van der Waals surface area contributed by atoms with E-state index in [0.29, 0.717) is 6.04 Å². The second kappa shape index (κ2) is 4.46. The van der Waals surface area contributed by atoms with Crippen molar-refractivity contribution in [2.24, 2.45) is 5.73 Å². The summed E-state index contributed by atoms with van der Waals surface area (Å²) in [6, 6.07) is 0.292. The molecule has 0 aromatic carbocycles. The van der Waals surface area contributed by atoms with Crippen LogP contribution in [0.5, 0.6) is 0 Å². The van der Waals surface area contributed by atoms with Crippen molar-refractivity contribution in [1.82, 2.24) is 0 Å². The van der Waals surface area contributed by atoms with Gasteiger partial charge in [0, 0.05) is 6.04 Å². The first-order valence-corrected chi connectivity index (χ1v) is 4.93. The summed E-state index contributed by atoms with van der Waals surface area (Å²) in [4.78, 5) is 0. The maximum Gasteiger partial charge on any atom is 0.0254 e. The predicted octanol–water partition coefficient (Wildman–Crippen LogP) is 2.78. The van der Waals surface area contributed by atoms with Gasteiger partial charge in [0.15, 0.2) is 0 Å². The van der Waals surface area contributed by atoms with E-state index >= 15 is 0 Å². The third-order valence-electron chi connectivity index (χ3n) is 2.53. The minimum Gasteiger partial charge on any atom is -0.324 e. The summed E-state index contributed by atoms with van der Waals surface area (Å²) in [6.45, 7) is 4.35. The molecule has 1 aliphatic rings. The molecule has 0 bridgehead atoms. The Hall–Kier alpha value is -0.560. The summed E-state index contributed by atoms with van der Waals surface area (Å²) in [5, 5.41) is 0. The van der Waals surface area contributed by atoms with Gasteiger partial charge < -0.3 is 5.73 Å². The standard InChI is InChI=1S/C11H19N/c1-3-9-6-5-7-10(8-9)11(12)4-2/h6,8,11H,3-5,7,12H2,1-2H3/t11-/m1/s1. The smallest absolute Gasteiger partial charge is 0.0254 e. The molecular weight excluding hydrogens is 146 g/mol. The monoisotopic (exact) mass is 165 g/mol. The number of hydrogen-bond donors (Lipinski definition) is 1. The number of hydrogen-bond acceptors (Lipinski definition) is 1. The Morgan fingerprint density at radius 1 is 1.50 bits per heavy atom. The van der Waals surface area contributed by atoms with Crippen molar-refractivity contribution in [2.75, 3.05) is 0 Å². The molecule has 0 aromatic rings. The normalized spacial score (nSPS) is 19.9. The molecular formula is C11H19N. The number of nitrogens with two attached hydrogens (primary N) is 1. The Balaban J connectivity index is 2.65. The van der Waals surface area contributed by atoms with E-state index in [2.05, 4.69) is 26.0 Å². The van der Waals surface area contributed by atoms with Crippen LogP contribution in [0.3, 0.4) is 0 Å². The first-order valence-electron chi connectivity index (χ1n) is 4.93. The van der Waals surface area contributed by atoms with Gasteiger partial charge in [0.2, 0.25) is 0 Å². The zero-order valence-corrected chi connectivity index (χ0v) is 8.14. The molecule has 0 unspecified atom stereocenters. The van der Waals surface area contributed by atoms with Gasteiger partial charge in [-0.2, -0.15) is 0 Å². The average molecular weight is 165 g/mol. The molecule has 0 spiro atoms. The highest BCUT2D eigenvalue weighted by Crippen LogP contribution is 2.21. The van der Waals surface area contributed by atoms with Crippen molar-refractivity contribution in [2.45, 2.75) is 45.6 Å². The van der Waals surface area contributed by atoms with Crippen LogP contribution >= 0.6 is 0 Å². The molecule has 1 atom stereocenters. The molecule has 0 fully saturated rings. The Kier molecular flexibility index (Phi) is 3.54. The zero-order chi connectivity index (χ0) is 8.97. The van der Waals surface area contributed by atoms with Crippen LogP contribution in [0.2, 0.25) is 0 Å². The third-order valence-corrected chi connectivity index (χ3v) is 2.53.